The van der Waals surface area contributed by atoms with E-state index in [1.807, 2.05) is 24.1 Å². The van der Waals surface area contributed by atoms with E-state index in [4.69, 9.17) is 19.4 Å². The molecule has 1 aromatic heterocycles. The Labute approximate surface area is 188 Å². The summed E-state index contributed by atoms with van der Waals surface area (Å²) >= 11 is 0. The number of amides is 1. The topological polar surface area (TPSA) is 88.6 Å². The van der Waals surface area contributed by atoms with E-state index in [2.05, 4.69) is 30.5 Å². The Morgan fingerprint density at radius 1 is 1.38 bits per heavy atom. The van der Waals surface area contributed by atoms with E-state index in [1.54, 1.807) is 0 Å². The van der Waals surface area contributed by atoms with Crippen molar-refractivity contribution in [2.45, 2.75) is 57.7 Å². The van der Waals surface area contributed by atoms with Gasteiger partial charge in [-0.3, -0.25) is 4.79 Å². The first-order valence-corrected chi connectivity index (χ1v) is 11.5. The van der Waals surface area contributed by atoms with Crippen LogP contribution in [0.5, 0.6) is 11.5 Å². The van der Waals surface area contributed by atoms with Crippen LogP contribution in [0.3, 0.4) is 0 Å². The summed E-state index contributed by atoms with van der Waals surface area (Å²) in [7, 11) is 1.89. The molecule has 0 bridgehead atoms. The fourth-order valence-electron chi connectivity index (χ4n) is 4.86. The summed E-state index contributed by atoms with van der Waals surface area (Å²) in [5.41, 5.74) is 2.91. The summed E-state index contributed by atoms with van der Waals surface area (Å²) < 4.78 is 12.0. The van der Waals surface area contributed by atoms with Gasteiger partial charge in [-0.2, -0.15) is 0 Å². The Hall–Kier alpha value is -2.87. The lowest BCUT2D eigenvalue weighted by molar-refractivity contribution is -0.134. The third-order valence-electron chi connectivity index (χ3n) is 6.45. The summed E-state index contributed by atoms with van der Waals surface area (Å²) in [6.07, 6.45) is 3.74. The maximum atomic E-state index is 13.0. The minimum absolute atomic E-state index is 0.0173. The van der Waals surface area contributed by atoms with Crippen LogP contribution in [-0.4, -0.2) is 53.1 Å². The molecule has 8 nitrogen and oxygen atoms in total. The van der Waals surface area contributed by atoms with Crippen LogP contribution in [0.1, 0.15) is 55.4 Å². The molecular weight excluding hydrogens is 406 g/mol. The van der Waals surface area contributed by atoms with Crippen molar-refractivity contribution in [3.63, 3.8) is 0 Å². The van der Waals surface area contributed by atoms with Gasteiger partial charge in [0, 0.05) is 31.1 Å². The lowest BCUT2D eigenvalue weighted by Crippen LogP contribution is -2.40. The molecule has 0 radical (unpaired) electrons. The molecule has 5 rings (SSSR count). The van der Waals surface area contributed by atoms with Crippen LogP contribution in [-0.2, 0) is 24.2 Å². The molecule has 1 amide bonds. The van der Waals surface area contributed by atoms with Crippen molar-refractivity contribution in [3.05, 3.63) is 40.8 Å². The van der Waals surface area contributed by atoms with Crippen LogP contribution >= 0.6 is 0 Å². The van der Waals surface area contributed by atoms with E-state index in [9.17, 15) is 4.79 Å². The van der Waals surface area contributed by atoms with Gasteiger partial charge in [-0.05, 0) is 45.7 Å². The molecule has 1 saturated heterocycles. The summed E-state index contributed by atoms with van der Waals surface area (Å²) in [6, 6.07) is 6.06. The number of nitrogens with one attached hydrogen (secondary N) is 2. The maximum Gasteiger partial charge on any atom is 0.260 e. The largest absolute Gasteiger partial charge is 0.483 e. The number of nitrogens with zero attached hydrogens (tertiary/aromatic N) is 3. The molecule has 0 unspecified atom stereocenters. The smallest absolute Gasteiger partial charge is 0.260 e. The average molecular weight is 438 g/mol. The number of hydrogen-bond donors (Lipinski definition) is 2. The zero-order chi connectivity index (χ0) is 22.3. The summed E-state index contributed by atoms with van der Waals surface area (Å²) in [5, 5.41) is 6.68. The molecule has 2 aromatic rings. The van der Waals surface area contributed by atoms with Crippen LogP contribution < -0.4 is 20.1 Å². The van der Waals surface area contributed by atoms with Crippen molar-refractivity contribution in [3.8, 4) is 11.5 Å². The van der Waals surface area contributed by atoms with Gasteiger partial charge in [0.05, 0.1) is 18.3 Å². The van der Waals surface area contributed by atoms with Crippen molar-refractivity contribution in [1.29, 1.82) is 0 Å². The van der Waals surface area contributed by atoms with Gasteiger partial charge in [0.1, 0.15) is 17.2 Å². The van der Waals surface area contributed by atoms with Crippen molar-refractivity contribution < 1.29 is 14.3 Å². The highest BCUT2D eigenvalue weighted by Crippen LogP contribution is 2.41. The predicted octanol–water partition coefficient (Wildman–Crippen LogP) is 2.62. The number of benzene rings is 1. The number of rotatable bonds is 5. The van der Waals surface area contributed by atoms with Crippen LogP contribution in [0.2, 0.25) is 0 Å². The lowest BCUT2D eigenvalue weighted by atomic mass is 10.0. The highest BCUT2D eigenvalue weighted by molar-refractivity contribution is 5.78. The molecule has 1 fully saturated rings. The molecule has 2 N–H and O–H groups in total. The van der Waals surface area contributed by atoms with Crippen molar-refractivity contribution in [1.82, 2.24) is 20.2 Å². The molecule has 0 aliphatic carbocycles. The number of ether oxygens (including phenoxy) is 2. The molecule has 3 aliphatic rings. The SMILES string of the molecule is CNc1nc([C@@H]2CCCN2)nc2c1CCN(C(=O)COc1cccc3c1OC(C)(C)C3)C2. The third kappa shape index (κ3) is 3.99. The van der Waals surface area contributed by atoms with Crippen LogP contribution in [0.4, 0.5) is 5.82 Å². The number of anilines is 1. The normalized spacial score (nSPS) is 21.0. The van der Waals surface area contributed by atoms with Crippen molar-refractivity contribution in [2.75, 3.05) is 32.1 Å². The maximum absolute atomic E-state index is 13.0. The number of aromatic nitrogens is 2. The molecule has 0 saturated carbocycles. The van der Waals surface area contributed by atoms with Crippen LogP contribution in [0, 0.1) is 0 Å². The van der Waals surface area contributed by atoms with Gasteiger partial charge in [0.15, 0.2) is 18.1 Å². The van der Waals surface area contributed by atoms with E-state index in [-0.39, 0.29) is 24.2 Å². The molecule has 1 atom stereocenters. The third-order valence-corrected chi connectivity index (χ3v) is 6.45. The fraction of sp³-hybridized carbons (Fsp3) is 0.542. The minimum atomic E-state index is -0.251. The zero-order valence-electron chi connectivity index (χ0n) is 19.0. The first-order valence-electron chi connectivity index (χ1n) is 11.5. The van der Waals surface area contributed by atoms with Gasteiger partial charge in [-0.1, -0.05) is 12.1 Å². The van der Waals surface area contributed by atoms with E-state index in [0.717, 1.165) is 66.4 Å². The number of hydrogen-bond acceptors (Lipinski definition) is 7. The van der Waals surface area contributed by atoms with Gasteiger partial charge in [0.25, 0.3) is 5.91 Å². The van der Waals surface area contributed by atoms with Crippen LogP contribution in [0.15, 0.2) is 18.2 Å². The highest BCUT2D eigenvalue weighted by Gasteiger charge is 2.33. The molecular formula is C24H31N5O3. The fourth-order valence-corrected chi connectivity index (χ4v) is 4.86. The number of para-hydroxylation sites is 1. The molecule has 32 heavy (non-hydrogen) atoms. The molecule has 170 valence electrons. The Morgan fingerprint density at radius 3 is 3.03 bits per heavy atom. The monoisotopic (exact) mass is 437 g/mol. The lowest BCUT2D eigenvalue weighted by Gasteiger charge is -2.30. The molecule has 0 spiro atoms. The quantitative estimate of drug-likeness (QED) is 0.743. The number of carbonyl (C=O) groups is 1. The summed E-state index contributed by atoms with van der Waals surface area (Å²) in [6.45, 7) is 6.20. The first-order chi connectivity index (χ1) is 15.4. The standard InChI is InChI=1S/C24H31N5O3/c1-24(2)12-15-6-4-8-19(21(15)32-24)31-14-20(30)29-11-9-16-18(13-29)27-23(28-22(16)25-3)17-7-5-10-26-17/h4,6,8,17,26H,5,7,9-14H2,1-3H3,(H,25,27,28)/t17-/m0/s1. The van der Waals surface area contributed by atoms with Crippen molar-refractivity contribution >= 4 is 11.7 Å². The predicted molar refractivity (Wildman–Crippen MR) is 121 cm³/mol. The molecule has 1 aromatic carbocycles. The van der Waals surface area contributed by atoms with Crippen LogP contribution in [0.25, 0.3) is 0 Å². The Kier molecular flexibility index (Phi) is 5.41. The average Bonchev–Trinajstić information content (AvgIpc) is 3.43. The zero-order valence-corrected chi connectivity index (χ0v) is 19.0. The minimum Gasteiger partial charge on any atom is -0.483 e. The number of carbonyl (C=O) groups excluding carboxylic acids is 1. The highest BCUT2D eigenvalue weighted by atomic mass is 16.5. The van der Waals surface area contributed by atoms with E-state index >= 15 is 0 Å². The second kappa shape index (κ2) is 8.24. The van der Waals surface area contributed by atoms with Gasteiger partial charge >= 0.3 is 0 Å². The van der Waals surface area contributed by atoms with E-state index in [0.29, 0.717) is 18.8 Å². The second-order valence-electron chi connectivity index (χ2n) is 9.39. The summed E-state index contributed by atoms with van der Waals surface area (Å²) in [4.78, 5) is 24.4. The molecule has 8 heteroatoms. The first kappa shape index (κ1) is 21.0. The van der Waals surface area contributed by atoms with Gasteiger partial charge < -0.3 is 25.0 Å². The molecule has 3 aliphatic heterocycles. The number of fused-ring (bicyclic) bond motifs is 2. The molecule has 4 heterocycles. The van der Waals surface area contributed by atoms with Gasteiger partial charge in [-0.15, -0.1) is 0 Å². The van der Waals surface area contributed by atoms with E-state index < -0.39 is 0 Å². The Bertz CT molecular complexity index is 1030. The van der Waals surface area contributed by atoms with E-state index in [1.165, 1.54) is 0 Å². The summed E-state index contributed by atoms with van der Waals surface area (Å²) in [5.74, 6) is 3.04. The Morgan fingerprint density at radius 2 is 2.25 bits per heavy atom. The van der Waals surface area contributed by atoms with Crippen molar-refractivity contribution in [2.24, 2.45) is 0 Å². The van der Waals surface area contributed by atoms with Gasteiger partial charge in [0.2, 0.25) is 0 Å². The van der Waals surface area contributed by atoms with Gasteiger partial charge in [-0.25, -0.2) is 9.97 Å². The second-order valence-corrected chi connectivity index (χ2v) is 9.39. The Balaban J connectivity index is 1.28.